The summed E-state index contributed by atoms with van der Waals surface area (Å²) in [4.78, 5) is 12.1. The molecule has 5 heteroatoms. The lowest BCUT2D eigenvalue weighted by atomic mass is 10.0. The summed E-state index contributed by atoms with van der Waals surface area (Å²) in [7, 11) is 0. The lowest BCUT2D eigenvalue weighted by Gasteiger charge is -2.06. The molecular formula is C13H8BrF2NO. The number of nitrogen functional groups attached to an aromatic ring is 1. The molecule has 0 aliphatic heterocycles. The average Bonchev–Trinajstić information content (AvgIpc) is 2.32. The number of ketones is 1. The molecule has 2 nitrogen and oxygen atoms in total. The van der Waals surface area contributed by atoms with Crippen molar-refractivity contribution in [1.29, 1.82) is 0 Å². The molecule has 0 radical (unpaired) electrons. The van der Waals surface area contributed by atoms with Gasteiger partial charge in [-0.25, -0.2) is 8.78 Å². The summed E-state index contributed by atoms with van der Waals surface area (Å²) in [6.07, 6.45) is 0. The van der Waals surface area contributed by atoms with Gasteiger partial charge in [-0.3, -0.25) is 4.79 Å². The number of carbonyl (C=O) groups is 1. The second-order valence-corrected chi connectivity index (χ2v) is 4.52. The number of rotatable bonds is 2. The van der Waals surface area contributed by atoms with Gasteiger partial charge in [-0.1, -0.05) is 6.07 Å². The SMILES string of the molecule is Nc1ccc(C(=O)c2c(F)cccc2Br)cc1F. The highest BCUT2D eigenvalue weighted by Gasteiger charge is 2.18. The minimum Gasteiger partial charge on any atom is -0.396 e. The largest absolute Gasteiger partial charge is 0.396 e. The van der Waals surface area contributed by atoms with Gasteiger partial charge in [0.1, 0.15) is 11.6 Å². The Morgan fingerprint density at radius 1 is 1.11 bits per heavy atom. The summed E-state index contributed by atoms with van der Waals surface area (Å²) in [5.41, 5.74) is 5.19. The van der Waals surface area contributed by atoms with Crippen LogP contribution >= 0.6 is 15.9 Å². The van der Waals surface area contributed by atoms with Crippen LogP contribution in [0.1, 0.15) is 15.9 Å². The molecule has 2 N–H and O–H groups in total. The van der Waals surface area contributed by atoms with Gasteiger partial charge in [-0.05, 0) is 46.3 Å². The van der Waals surface area contributed by atoms with Crippen LogP contribution in [0.4, 0.5) is 14.5 Å². The van der Waals surface area contributed by atoms with E-state index in [1.807, 2.05) is 0 Å². The zero-order valence-corrected chi connectivity index (χ0v) is 10.7. The summed E-state index contributed by atoms with van der Waals surface area (Å²) in [6.45, 7) is 0. The Labute approximate surface area is 111 Å². The molecule has 0 atom stereocenters. The highest BCUT2D eigenvalue weighted by atomic mass is 79.9. The maximum absolute atomic E-state index is 13.6. The summed E-state index contributed by atoms with van der Waals surface area (Å²) < 4.78 is 27.2. The molecule has 0 saturated heterocycles. The molecule has 0 bridgehead atoms. The highest BCUT2D eigenvalue weighted by molar-refractivity contribution is 9.10. The number of anilines is 1. The highest BCUT2D eigenvalue weighted by Crippen LogP contribution is 2.24. The average molecular weight is 312 g/mol. The molecule has 92 valence electrons. The van der Waals surface area contributed by atoms with E-state index in [2.05, 4.69) is 15.9 Å². The van der Waals surface area contributed by atoms with Crippen molar-refractivity contribution >= 4 is 27.4 Å². The Bertz CT molecular complexity index is 608. The minimum atomic E-state index is -0.701. The van der Waals surface area contributed by atoms with Crippen LogP contribution in [0, 0.1) is 11.6 Å². The van der Waals surface area contributed by atoms with Gasteiger partial charge in [-0.15, -0.1) is 0 Å². The smallest absolute Gasteiger partial charge is 0.197 e. The number of carbonyl (C=O) groups excluding carboxylic acids is 1. The van der Waals surface area contributed by atoms with E-state index in [0.717, 1.165) is 6.07 Å². The zero-order chi connectivity index (χ0) is 13.3. The molecule has 18 heavy (non-hydrogen) atoms. The van der Waals surface area contributed by atoms with Gasteiger partial charge in [0, 0.05) is 10.0 Å². The van der Waals surface area contributed by atoms with Gasteiger partial charge in [0.2, 0.25) is 0 Å². The van der Waals surface area contributed by atoms with E-state index in [1.54, 1.807) is 6.07 Å². The van der Waals surface area contributed by atoms with E-state index in [0.29, 0.717) is 4.47 Å². The molecule has 0 amide bonds. The molecule has 0 saturated carbocycles. The van der Waals surface area contributed by atoms with Crippen LogP contribution in [-0.2, 0) is 0 Å². The molecule has 0 heterocycles. The maximum atomic E-state index is 13.6. The van der Waals surface area contributed by atoms with E-state index in [-0.39, 0.29) is 16.8 Å². The van der Waals surface area contributed by atoms with Crippen LogP contribution in [0.2, 0.25) is 0 Å². The molecular weight excluding hydrogens is 304 g/mol. The van der Waals surface area contributed by atoms with Crippen molar-refractivity contribution in [2.75, 3.05) is 5.73 Å². The van der Waals surface area contributed by atoms with Crippen molar-refractivity contribution in [2.45, 2.75) is 0 Å². The van der Waals surface area contributed by atoms with Crippen molar-refractivity contribution < 1.29 is 13.6 Å². The Balaban J connectivity index is 2.51. The maximum Gasteiger partial charge on any atom is 0.197 e. The van der Waals surface area contributed by atoms with Crippen LogP contribution in [-0.4, -0.2) is 5.78 Å². The summed E-state index contributed by atoms with van der Waals surface area (Å²) in [5, 5.41) is 0. The van der Waals surface area contributed by atoms with Crippen molar-refractivity contribution in [1.82, 2.24) is 0 Å². The quantitative estimate of drug-likeness (QED) is 0.681. The Hall–Kier alpha value is -1.75. The normalized spacial score (nSPS) is 10.4. The molecule has 0 aliphatic rings. The first-order valence-electron chi connectivity index (χ1n) is 5.04. The Kier molecular flexibility index (Phi) is 3.43. The van der Waals surface area contributed by atoms with E-state index in [9.17, 15) is 13.6 Å². The third-order valence-electron chi connectivity index (χ3n) is 2.45. The second kappa shape index (κ2) is 4.86. The molecule has 2 aromatic rings. The number of halogens is 3. The fraction of sp³-hybridized carbons (Fsp3) is 0. The van der Waals surface area contributed by atoms with E-state index in [4.69, 9.17) is 5.73 Å². The summed E-state index contributed by atoms with van der Waals surface area (Å²) in [5.74, 6) is -1.96. The fourth-order valence-electron chi connectivity index (χ4n) is 1.53. The van der Waals surface area contributed by atoms with Crippen molar-refractivity contribution in [3.8, 4) is 0 Å². The van der Waals surface area contributed by atoms with Crippen molar-refractivity contribution in [3.05, 3.63) is 63.6 Å². The lowest BCUT2D eigenvalue weighted by molar-refractivity contribution is 0.103. The predicted octanol–water partition coefficient (Wildman–Crippen LogP) is 3.54. The third kappa shape index (κ3) is 2.26. The van der Waals surface area contributed by atoms with Gasteiger partial charge >= 0.3 is 0 Å². The van der Waals surface area contributed by atoms with E-state index in [1.165, 1.54) is 24.3 Å². The number of hydrogen-bond donors (Lipinski definition) is 1. The molecule has 0 aromatic heterocycles. The van der Waals surface area contributed by atoms with Crippen LogP contribution in [0.5, 0.6) is 0 Å². The van der Waals surface area contributed by atoms with Gasteiger partial charge in [0.05, 0.1) is 11.3 Å². The monoisotopic (exact) mass is 311 g/mol. The predicted molar refractivity (Wildman–Crippen MR) is 68.3 cm³/mol. The second-order valence-electron chi connectivity index (χ2n) is 3.66. The van der Waals surface area contributed by atoms with Crippen molar-refractivity contribution in [3.63, 3.8) is 0 Å². The third-order valence-corrected chi connectivity index (χ3v) is 3.11. The summed E-state index contributed by atoms with van der Waals surface area (Å²) in [6, 6.07) is 7.82. The van der Waals surface area contributed by atoms with E-state index < -0.39 is 17.4 Å². The lowest BCUT2D eigenvalue weighted by Crippen LogP contribution is -2.06. The molecule has 2 rings (SSSR count). The fourth-order valence-corrected chi connectivity index (χ4v) is 2.05. The molecule has 0 spiro atoms. The molecule has 0 fully saturated rings. The zero-order valence-electron chi connectivity index (χ0n) is 9.08. The topological polar surface area (TPSA) is 43.1 Å². The standard InChI is InChI=1S/C13H8BrF2NO/c14-8-2-1-3-9(15)12(8)13(18)7-4-5-11(17)10(16)6-7/h1-6H,17H2. The van der Waals surface area contributed by atoms with Gasteiger partial charge in [0.15, 0.2) is 5.78 Å². The van der Waals surface area contributed by atoms with Crippen LogP contribution in [0.25, 0.3) is 0 Å². The van der Waals surface area contributed by atoms with Crippen molar-refractivity contribution in [2.24, 2.45) is 0 Å². The first kappa shape index (κ1) is 12.7. The molecule has 0 aliphatic carbocycles. The van der Waals surface area contributed by atoms with E-state index >= 15 is 0 Å². The van der Waals surface area contributed by atoms with Crippen LogP contribution in [0.15, 0.2) is 40.9 Å². The van der Waals surface area contributed by atoms with Gasteiger partial charge < -0.3 is 5.73 Å². The Morgan fingerprint density at radius 3 is 2.44 bits per heavy atom. The first-order valence-corrected chi connectivity index (χ1v) is 5.83. The Morgan fingerprint density at radius 2 is 1.83 bits per heavy atom. The van der Waals surface area contributed by atoms with Gasteiger partial charge in [-0.2, -0.15) is 0 Å². The summed E-state index contributed by atoms with van der Waals surface area (Å²) >= 11 is 3.10. The van der Waals surface area contributed by atoms with Gasteiger partial charge in [0.25, 0.3) is 0 Å². The van der Waals surface area contributed by atoms with Crippen LogP contribution < -0.4 is 5.73 Å². The number of nitrogens with two attached hydrogens (primary N) is 1. The minimum absolute atomic E-state index is 0.0486. The van der Waals surface area contributed by atoms with Crippen LogP contribution in [0.3, 0.4) is 0 Å². The number of hydrogen-bond acceptors (Lipinski definition) is 2. The number of benzene rings is 2. The molecule has 0 unspecified atom stereocenters. The first-order chi connectivity index (χ1) is 8.50. The molecule has 2 aromatic carbocycles.